The Balaban J connectivity index is 2.88. The molecule has 1 aromatic rings. The molecule has 0 saturated carbocycles. The lowest BCUT2D eigenvalue weighted by molar-refractivity contribution is 0.308. The second kappa shape index (κ2) is 4.20. The molecule has 5 heteroatoms. The SMILES string of the molecule is O=S(O)N(CO)c1ccccc1. The van der Waals surface area contributed by atoms with Crippen LogP contribution in [0, 0.1) is 0 Å². The highest BCUT2D eigenvalue weighted by Crippen LogP contribution is 2.12. The van der Waals surface area contributed by atoms with Gasteiger partial charge in [-0.2, -0.15) is 0 Å². The number of hydrogen-bond donors (Lipinski definition) is 2. The lowest BCUT2D eigenvalue weighted by Crippen LogP contribution is -2.25. The highest BCUT2D eigenvalue weighted by atomic mass is 32.2. The Bertz CT molecular complexity index is 265. The molecular formula is C7H9NO3S. The first-order valence-corrected chi connectivity index (χ1v) is 4.36. The monoisotopic (exact) mass is 187 g/mol. The fourth-order valence-electron chi connectivity index (χ4n) is 0.815. The summed E-state index contributed by atoms with van der Waals surface area (Å²) in [5.41, 5.74) is 0.515. The predicted molar refractivity (Wildman–Crippen MR) is 46.8 cm³/mol. The number of benzene rings is 1. The second-order valence-corrected chi connectivity index (χ2v) is 2.99. The van der Waals surface area contributed by atoms with Crippen LogP contribution in [0.4, 0.5) is 5.69 Å². The normalized spacial score (nSPS) is 12.5. The average Bonchev–Trinajstić information content (AvgIpc) is 2.07. The van der Waals surface area contributed by atoms with Gasteiger partial charge in [-0.1, -0.05) is 18.2 Å². The molecule has 0 aliphatic rings. The lowest BCUT2D eigenvalue weighted by atomic mass is 10.3. The van der Waals surface area contributed by atoms with Crippen molar-refractivity contribution in [2.45, 2.75) is 0 Å². The zero-order valence-electron chi connectivity index (χ0n) is 6.25. The Kier molecular flexibility index (Phi) is 3.21. The third-order valence-electron chi connectivity index (χ3n) is 1.36. The van der Waals surface area contributed by atoms with Gasteiger partial charge in [0.1, 0.15) is 6.73 Å². The summed E-state index contributed by atoms with van der Waals surface area (Å²) in [5, 5.41) is 8.72. The number of hydrogen-bond acceptors (Lipinski definition) is 2. The van der Waals surface area contributed by atoms with Crippen LogP contribution in [0.25, 0.3) is 0 Å². The quantitative estimate of drug-likeness (QED) is 0.537. The molecule has 4 nitrogen and oxygen atoms in total. The molecule has 0 bridgehead atoms. The van der Waals surface area contributed by atoms with Gasteiger partial charge in [0.05, 0.1) is 5.69 Å². The summed E-state index contributed by atoms with van der Waals surface area (Å²) in [4.78, 5) is 0. The fourth-order valence-corrected chi connectivity index (χ4v) is 1.22. The van der Waals surface area contributed by atoms with Crippen LogP contribution in [0.2, 0.25) is 0 Å². The standard InChI is InChI=1S/C7H9NO3S/c9-6-8(12(10)11)7-4-2-1-3-5-7/h1-5,9H,6H2,(H,10,11). The summed E-state index contributed by atoms with van der Waals surface area (Å²) in [6.07, 6.45) is 0. The van der Waals surface area contributed by atoms with E-state index < -0.39 is 18.0 Å². The van der Waals surface area contributed by atoms with E-state index in [0.29, 0.717) is 5.69 Å². The Morgan fingerprint density at radius 2 is 1.92 bits per heavy atom. The van der Waals surface area contributed by atoms with Gasteiger partial charge in [0.2, 0.25) is 0 Å². The lowest BCUT2D eigenvalue weighted by Gasteiger charge is -2.15. The van der Waals surface area contributed by atoms with Crippen LogP contribution in [-0.2, 0) is 11.3 Å². The molecule has 0 heterocycles. The van der Waals surface area contributed by atoms with Crippen molar-refractivity contribution >= 4 is 17.0 Å². The first-order chi connectivity index (χ1) is 5.75. The minimum Gasteiger partial charge on any atom is -0.375 e. The number of anilines is 1. The maximum absolute atomic E-state index is 10.6. The minimum absolute atomic E-state index is 0.479. The van der Waals surface area contributed by atoms with E-state index in [1.165, 1.54) is 0 Å². The molecule has 1 aromatic carbocycles. The van der Waals surface area contributed by atoms with E-state index in [1.54, 1.807) is 30.3 Å². The zero-order valence-corrected chi connectivity index (χ0v) is 7.07. The van der Waals surface area contributed by atoms with E-state index in [4.69, 9.17) is 9.66 Å². The topological polar surface area (TPSA) is 60.8 Å². The van der Waals surface area contributed by atoms with Crippen LogP contribution in [0.15, 0.2) is 30.3 Å². The summed E-state index contributed by atoms with van der Waals surface area (Å²) >= 11 is -2.17. The molecule has 66 valence electrons. The van der Waals surface area contributed by atoms with Crippen molar-refractivity contribution in [3.8, 4) is 0 Å². The summed E-state index contributed by atoms with van der Waals surface area (Å²) < 4.78 is 20.3. The van der Waals surface area contributed by atoms with Crippen molar-refractivity contribution in [2.75, 3.05) is 11.0 Å². The highest BCUT2D eigenvalue weighted by Gasteiger charge is 2.08. The maximum Gasteiger partial charge on any atom is 0.263 e. The Hall–Kier alpha value is -0.910. The molecule has 0 fully saturated rings. The van der Waals surface area contributed by atoms with Gasteiger partial charge in [0, 0.05) is 0 Å². The molecule has 0 aromatic heterocycles. The van der Waals surface area contributed by atoms with E-state index in [1.807, 2.05) is 0 Å². The molecule has 0 saturated heterocycles. The molecule has 0 aliphatic carbocycles. The molecule has 2 N–H and O–H groups in total. The summed E-state index contributed by atoms with van der Waals surface area (Å²) in [6.45, 7) is -0.479. The second-order valence-electron chi connectivity index (χ2n) is 2.09. The summed E-state index contributed by atoms with van der Waals surface area (Å²) in [7, 11) is 0. The van der Waals surface area contributed by atoms with Crippen LogP contribution in [0.3, 0.4) is 0 Å². The van der Waals surface area contributed by atoms with E-state index in [-0.39, 0.29) is 0 Å². The van der Waals surface area contributed by atoms with Crippen LogP contribution in [0.1, 0.15) is 0 Å². The van der Waals surface area contributed by atoms with E-state index >= 15 is 0 Å². The molecule has 1 atom stereocenters. The van der Waals surface area contributed by atoms with Gasteiger partial charge >= 0.3 is 0 Å². The van der Waals surface area contributed by atoms with E-state index in [2.05, 4.69) is 0 Å². The van der Waals surface area contributed by atoms with Gasteiger partial charge in [0.15, 0.2) is 0 Å². The van der Waals surface area contributed by atoms with Crippen molar-refractivity contribution < 1.29 is 13.9 Å². The third-order valence-corrected chi connectivity index (χ3v) is 2.06. The van der Waals surface area contributed by atoms with Crippen LogP contribution >= 0.6 is 0 Å². The van der Waals surface area contributed by atoms with Crippen LogP contribution in [-0.4, -0.2) is 20.6 Å². The molecular weight excluding hydrogens is 178 g/mol. The maximum atomic E-state index is 10.6. The molecule has 1 unspecified atom stereocenters. The molecule has 0 amide bonds. The molecule has 0 spiro atoms. The van der Waals surface area contributed by atoms with E-state index in [0.717, 1.165) is 4.31 Å². The minimum atomic E-state index is -2.17. The van der Waals surface area contributed by atoms with Crippen molar-refractivity contribution in [3.63, 3.8) is 0 Å². The first kappa shape index (κ1) is 9.18. The van der Waals surface area contributed by atoms with Crippen molar-refractivity contribution in [1.29, 1.82) is 0 Å². The van der Waals surface area contributed by atoms with Gasteiger partial charge < -0.3 is 5.11 Å². The highest BCUT2D eigenvalue weighted by molar-refractivity contribution is 7.80. The Morgan fingerprint density at radius 1 is 1.33 bits per heavy atom. The molecule has 1 rings (SSSR count). The summed E-state index contributed by atoms with van der Waals surface area (Å²) in [6, 6.07) is 8.53. The van der Waals surface area contributed by atoms with Gasteiger partial charge in [0.25, 0.3) is 11.3 Å². The first-order valence-electron chi connectivity index (χ1n) is 3.30. The third kappa shape index (κ3) is 2.04. The number of nitrogens with zero attached hydrogens (tertiary/aromatic N) is 1. The molecule has 0 aliphatic heterocycles. The van der Waals surface area contributed by atoms with E-state index in [9.17, 15) is 4.21 Å². The number of aliphatic hydroxyl groups is 1. The molecule has 12 heavy (non-hydrogen) atoms. The Labute approximate surface area is 72.9 Å². The van der Waals surface area contributed by atoms with Gasteiger partial charge in [-0.25, -0.2) is 8.51 Å². The number of rotatable bonds is 3. The van der Waals surface area contributed by atoms with Gasteiger partial charge in [-0.3, -0.25) is 4.55 Å². The van der Waals surface area contributed by atoms with Gasteiger partial charge in [-0.15, -0.1) is 0 Å². The van der Waals surface area contributed by atoms with Crippen molar-refractivity contribution in [1.82, 2.24) is 0 Å². The predicted octanol–water partition coefficient (Wildman–Crippen LogP) is 0.580. The summed E-state index contributed by atoms with van der Waals surface area (Å²) in [5.74, 6) is 0. The largest absolute Gasteiger partial charge is 0.375 e. The van der Waals surface area contributed by atoms with Crippen molar-refractivity contribution in [3.05, 3.63) is 30.3 Å². The number of aliphatic hydroxyl groups excluding tert-OH is 1. The fraction of sp³-hybridized carbons (Fsp3) is 0.143. The molecule has 0 radical (unpaired) electrons. The van der Waals surface area contributed by atoms with Crippen LogP contribution < -0.4 is 4.31 Å². The smallest absolute Gasteiger partial charge is 0.263 e. The average molecular weight is 187 g/mol. The number of para-hydroxylation sites is 1. The zero-order chi connectivity index (χ0) is 8.97. The van der Waals surface area contributed by atoms with Crippen LogP contribution in [0.5, 0.6) is 0 Å². The van der Waals surface area contributed by atoms with Gasteiger partial charge in [-0.05, 0) is 12.1 Å². The Morgan fingerprint density at radius 3 is 2.33 bits per heavy atom. The van der Waals surface area contributed by atoms with Crippen molar-refractivity contribution in [2.24, 2.45) is 0 Å².